The molecule has 0 atom stereocenters. The van der Waals surface area contributed by atoms with E-state index < -0.39 is 0 Å². The second kappa shape index (κ2) is 12.8. The summed E-state index contributed by atoms with van der Waals surface area (Å²) >= 11 is 0. The van der Waals surface area contributed by atoms with Crippen molar-refractivity contribution in [1.82, 2.24) is 9.96 Å². The first-order valence-electron chi connectivity index (χ1n) is 3.59. The van der Waals surface area contributed by atoms with Crippen molar-refractivity contribution in [3.63, 3.8) is 0 Å². The summed E-state index contributed by atoms with van der Waals surface area (Å²) in [5, 5.41) is 9.75. The zero-order valence-corrected chi connectivity index (χ0v) is 8.98. The highest BCUT2D eigenvalue weighted by molar-refractivity contribution is 5.85. The van der Waals surface area contributed by atoms with Crippen molar-refractivity contribution in [1.29, 1.82) is 0 Å². The molecule has 72 valence electrons. The third kappa shape index (κ3) is 39.0. The zero-order chi connectivity index (χ0) is 8.57. The topological polar surface area (TPSA) is 26.7 Å². The molecule has 0 aliphatic carbocycles. The lowest BCUT2D eigenvalue weighted by molar-refractivity contribution is -0.0813. The maximum absolute atomic E-state index is 8.50. The van der Waals surface area contributed by atoms with Crippen molar-refractivity contribution in [2.24, 2.45) is 0 Å². The summed E-state index contributed by atoms with van der Waals surface area (Å²) in [5.41, 5.74) is 0. The molecule has 0 aromatic heterocycles. The molecule has 0 bridgehead atoms. The SMILES string of the molecule is CCN(O)CC.CN(C)C.Cl. The van der Waals surface area contributed by atoms with E-state index in [0.29, 0.717) is 0 Å². The van der Waals surface area contributed by atoms with E-state index in [0.717, 1.165) is 13.1 Å². The standard InChI is InChI=1S/C4H11NO.C3H9N.ClH/c1-3-5(6)4-2;1-4(2)3;/h6H,3-4H2,1-2H3;1-3H3;1H. The van der Waals surface area contributed by atoms with E-state index in [2.05, 4.69) is 0 Å². The van der Waals surface area contributed by atoms with Gasteiger partial charge in [-0.25, -0.2) is 0 Å². The van der Waals surface area contributed by atoms with Crippen molar-refractivity contribution >= 4 is 12.4 Å². The van der Waals surface area contributed by atoms with E-state index in [9.17, 15) is 0 Å². The lowest BCUT2D eigenvalue weighted by Gasteiger charge is -2.05. The summed E-state index contributed by atoms with van der Waals surface area (Å²) < 4.78 is 0. The molecule has 0 aromatic rings. The molecule has 1 N–H and O–H groups in total. The summed E-state index contributed by atoms with van der Waals surface area (Å²) in [5.74, 6) is 0. The first-order chi connectivity index (χ1) is 4.54. The summed E-state index contributed by atoms with van der Waals surface area (Å²) in [7, 11) is 6.00. The van der Waals surface area contributed by atoms with Gasteiger partial charge in [0.2, 0.25) is 0 Å². The van der Waals surface area contributed by atoms with Crippen molar-refractivity contribution in [3.05, 3.63) is 0 Å². The van der Waals surface area contributed by atoms with E-state index in [1.54, 1.807) is 0 Å². The third-order valence-corrected chi connectivity index (χ3v) is 0.730. The molecule has 0 aliphatic rings. The molecule has 0 saturated carbocycles. The van der Waals surface area contributed by atoms with Crippen LogP contribution in [0.15, 0.2) is 0 Å². The van der Waals surface area contributed by atoms with Gasteiger partial charge in [-0.1, -0.05) is 13.8 Å². The molecule has 4 heteroatoms. The Morgan fingerprint density at radius 1 is 1.00 bits per heavy atom. The smallest absolute Gasteiger partial charge is 0.0209 e. The molecule has 0 heterocycles. The largest absolute Gasteiger partial charge is 0.314 e. The number of hydroxylamine groups is 2. The average Bonchev–Trinajstić information content (AvgIpc) is 1.85. The molecule has 0 fully saturated rings. The van der Waals surface area contributed by atoms with E-state index in [1.165, 1.54) is 5.06 Å². The van der Waals surface area contributed by atoms with Gasteiger partial charge in [0.05, 0.1) is 0 Å². The Morgan fingerprint density at radius 3 is 1.18 bits per heavy atom. The molecule has 11 heavy (non-hydrogen) atoms. The number of rotatable bonds is 2. The molecular weight excluding hydrogens is 164 g/mol. The molecule has 0 spiro atoms. The molecule has 0 radical (unpaired) electrons. The van der Waals surface area contributed by atoms with Gasteiger partial charge in [0.15, 0.2) is 0 Å². The van der Waals surface area contributed by atoms with Crippen LogP contribution in [0.5, 0.6) is 0 Å². The number of halogens is 1. The number of hydrogen-bond donors (Lipinski definition) is 1. The predicted molar refractivity (Wildman–Crippen MR) is 51.6 cm³/mol. The molecule has 0 aliphatic heterocycles. The van der Waals surface area contributed by atoms with Gasteiger partial charge in [0.25, 0.3) is 0 Å². The van der Waals surface area contributed by atoms with Gasteiger partial charge in [0.1, 0.15) is 0 Å². The lowest BCUT2D eigenvalue weighted by atomic mass is 10.6. The first-order valence-corrected chi connectivity index (χ1v) is 3.59. The Bertz CT molecular complexity index is 55.6. The van der Waals surface area contributed by atoms with E-state index in [-0.39, 0.29) is 12.4 Å². The minimum atomic E-state index is 0. The molecule has 0 amide bonds. The van der Waals surface area contributed by atoms with Gasteiger partial charge >= 0.3 is 0 Å². The highest BCUT2D eigenvalue weighted by Crippen LogP contribution is 1.73. The Labute approximate surface area is 76.4 Å². The highest BCUT2D eigenvalue weighted by Gasteiger charge is 1.84. The summed E-state index contributed by atoms with van der Waals surface area (Å²) in [4.78, 5) is 2.00. The molecule has 0 unspecified atom stereocenters. The first kappa shape index (κ1) is 17.3. The minimum absolute atomic E-state index is 0. The van der Waals surface area contributed by atoms with Crippen LogP contribution in [-0.4, -0.2) is 49.4 Å². The lowest BCUT2D eigenvalue weighted by Crippen LogP contribution is -2.16. The summed E-state index contributed by atoms with van der Waals surface area (Å²) in [6, 6.07) is 0. The Morgan fingerprint density at radius 2 is 1.18 bits per heavy atom. The molecular formula is C7H21ClN2O. The van der Waals surface area contributed by atoms with Crippen LogP contribution in [0.25, 0.3) is 0 Å². The monoisotopic (exact) mass is 184 g/mol. The minimum Gasteiger partial charge on any atom is -0.314 e. The fraction of sp³-hybridized carbons (Fsp3) is 1.00. The van der Waals surface area contributed by atoms with Crippen LogP contribution >= 0.6 is 12.4 Å². The van der Waals surface area contributed by atoms with Crippen LogP contribution in [0.3, 0.4) is 0 Å². The van der Waals surface area contributed by atoms with Crippen molar-refractivity contribution in [2.45, 2.75) is 13.8 Å². The molecule has 0 aromatic carbocycles. The second-order valence-electron chi connectivity index (χ2n) is 2.48. The molecule has 0 saturated heterocycles. The normalized spacial score (nSPS) is 8.73. The average molecular weight is 185 g/mol. The fourth-order valence-corrected chi connectivity index (χ4v) is 0.224. The van der Waals surface area contributed by atoms with Crippen LogP contribution in [-0.2, 0) is 0 Å². The van der Waals surface area contributed by atoms with Crippen LogP contribution in [0, 0.1) is 0 Å². The Hall–Kier alpha value is 0.170. The summed E-state index contributed by atoms with van der Waals surface area (Å²) in [6.07, 6.45) is 0. The van der Waals surface area contributed by atoms with Gasteiger partial charge in [-0.3, -0.25) is 0 Å². The van der Waals surface area contributed by atoms with Crippen molar-refractivity contribution in [3.8, 4) is 0 Å². The predicted octanol–water partition coefficient (Wildman–Crippen LogP) is 1.32. The quantitative estimate of drug-likeness (QED) is 0.656. The van der Waals surface area contributed by atoms with Crippen molar-refractivity contribution < 1.29 is 5.21 Å². The number of hydrogen-bond acceptors (Lipinski definition) is 3. The molecule has 0 rings (SSSR count). The highest BCUT2D eigenvalue weighted by atomic mass is 35.5. The van der Waals surface area contributed by atoms with Gasteiger partial charge < -0.3 is 10.1 Å². The summed E-state index contributed by atoms with van der Waals surface area (Å²) in [6.45, 7) is 5.25. The Kier molecular flexibility index (Phi) is 20.2. The van der Waals surface area contributed by atoms with Gasteiger partial charge in [-0.15, -0.1) is 12.4 Å². The second-order valence-corrected chi connectivity index (χ2v) is 2.48. The van der Waals surface area contributed by atoms with Gasteiger partial charge in [0, 0.05) is 13.1 Å². The van der Waals surface area contributed by atoms with E-state index >= 15 is 0 Å². The van der Waals surface area contributed by atoms with Crippen LogP contribution in [0.1, 0.15) is 13.8 Å². The number of nitrogens with zero attached hydrogens (tertiary/aromatic N) is 2. The van der Waals surface area contributed by atoms with Crippen LogP contribution in [0.4, 0.5) is 0 Å². The maximum atomic E-state index is 8.50. The Balaban J connectivity index is -0.000000114. The third-order valence-electron chi connectivity index (χ3n) is 0.730. The molecule has 3 nitrogen and oxygen atoms in total. The van der Waals surface area contributed by atoms with E-state index in [4.69, 9.17) is 5.21 Å². The van der Waals surface area contributed by atoms with Gasteiger partial charge in [-0.05, 0) is 21.1 Å². The zero-order valence-electron chi connectivity index (χ0n) is 8.16. The van der Waals surface area contributed by atoms with Crippen LogP contribution in [0.2, 0.25) is 0 Å². The van der Waals surface area contributed by atoms with Crippen molar-refractivity contribution in [2.75, 3.05) is 34.2 Å². The fourth-order valence-electron chi connectivity index (χ4n) is 0.224. The maximum Gasteiger partial charge on any atom is 0.0209 e. The van der Waals surface area contributed by atoms with E-state index in [1.807, 2.05) is 39.9 Å². The van der Waals surface area contributed by atoms with Crippen LogP contribution < -0.4 is 0 Å². The van der Waals surface area contributed by atoms with Gasteiger partial charge in [-0.2, -0.15) is 5.06 Å².